The topological polar surface area (TPSA) is 23.8 Å². The number of benzene rings is 5. The maximum Gasteiger partial charge on any atom is 3.00 e. The van der Waals surface area contributed by atoms with Crippen molar-refractivity contribution in [3.63, 3.8) is 0 Å². The van der Waals surface area contributed by atoms with Gasteiger partial charge in [-0.1, -0.05) is 77.1 Å². The first-order valence-electron chi connectivity index (χ1n) is 13.7. The molecule has 0 N–H and O–H groups in total. The largest absolute Gasteiger partial charge is 3.00 e. The van der Waals surface area contributed by atoms with Gasteiger partial charge in [0.2, 0.25) is 0 Å². The van der Waals surface area contributed by atoms with Gasteiger partial charge in [-0.15, -0.1) is 53.4 Å². The molecule has 1 aliphatic heterocycles. The Bertz CT molecular complexity index is 2030. The first-order chi connectivity index (χ1) is 20.3. The van der Waals surface area contributed by atoms with Crippen LogP contribution in [0.25, 0.3) is 49.4 Å². The summed E-state index contributed by atoms with van der Waals surface area (Å²) < 4.78 is 2.39. The van der Waals surface area contributed by atoms with Crippen LogP contribution < -0.4 is 9.80 Å². The second-order valence-corrected chi connectivity index (χ2v) is 10.2. The average Bonchev–Trinajstić information content (AvgIpc) is 3.69. The van der Waals surface area contributed by atoms with Crippen LogP contribution in [0.1, 0.15) is 0 Å². The zero-order valence-corrected chi connectivity index (χ0v) is 25.2. The first kappa shape index (κ1) is 26.2. The Labute approximate surface area is 258 Å². The van der Waals surface area contributed by atoms with Crippen molar-refractivity contribution < 1.29 is 20.1 Å². The number of rotatable bonds is 2. The first-order valence-corrected chi connectivity index (χ1v) is 13.7. The summed E-state index contributed by atoms with van der Waals surface area (Å²) in [5.41, 5.74) is 9.23. The van der Waals surface area contributed by atoms with Crippen LogP contribution in [0.15, 0.2) is 128 Å². The van der Waals surface area contributed by atoms with E-state index in [-0.39, 0.29) is 20.1 Å². The molecule has 0 unspecified atom stereocenters. The van der Waals surface area contributed by atoms with Gasteiger partial charge in [-0.2, -0.15) is 6.67 Å². The van der Waals surface area contributed by atoms with Crippen LogP contribution in [0.4, 0.5) is 17.1 Å². The molecule has 0 aliphatic carbocycles. The van der Waals surface area contributed by atoms with E-state index >= 15 is 0 Å². The third-order valence-corrected chi connectivity index (χ3v) is 7.82. The zero-order valence-electron chi connectivity index (χ0n) is 22.8. The standard InChI is InChI=1S/C26H17N3.C11H8N.Ir/c1-27-16-28(25-13-7-6-12-24(25)27)17-14-20-18-8-2-4-10-22(18)29-23-11-5-3-9-19(23)21(15-17)26(20)29;1-2-6-10(7-3-1)11-8-4-5-9-12-11;/h2-14,16H,1H3;1-6,8-9H;/q-2;-1;+3. The van der Waals surface area contributed by atoms with Crippen molar-refractivity contribution in [1.82, 2.24) is 9.38 Å². The molecule has 4 nitrogen and oxygen atoms in total. The van der Waals surface area contributed by atoms with E-state index in [1.807, 2.05) is 42.5 Å². The minimum Gasteiger partial charge on any atom is -0.504 e. The molecule has 8 aromatic rings. The minimum absolute atomic E-state index is 0. The Kier molecular flexibility index (Phi) is 6.62. The van der Waals surface area contributed by atoms with Crippen molar-refractivity contribution in [2.24, 2.45) is 0 Å². The Balaban J connectivity index is 0.000000188. The summed E-state index contributed by atoms with van der Waals surface area (Å²) in [7, 11) is 2.09. The van der Waals surface area contributed by atoms with Crippen molar-refractivity contribution in [3.05, 3.63) is 146 Å². The summed E-state index contributed by atoms with van der Waals surface area (Å²) >= 11 is 0. The number of para-hydroxylation sites is 4. The van der Waals surface area contributed by atoms with Crippen molar-refractivity contribution in [2.75, 3.05) is 16.8 Å². The third kappa shape index (κ3) is 4.13. The van der Waals surface area contributed by atoms with Gasteiger partial charge in [-0.25, -0.2) is 0 Å². The molecular weight excluding hydrogens is 693 g/mol. The summed E-state index contributed by atoms with van der Waals surface area (Å²) in [6, 6.07) is 48.7. The van der Waals surface area contributed by atoms with Gasteiger partial charge >= 0.3 is 20.1 Å². The summed E-state index contributed by atoms with van der Waals surface area (Å²) in [6.45, 7) is 2.15. The molecule has 5 aromatic carbocycles. The van der Waals surface area contributed by atoms with E-state index < -0.39 is 0 Å². The van der Waals surface area contributed by atoms with Gasteiger partial charge in [-0.3, -0.25) is 0 Å². The predicted octanol–water partition coefficient (Wildman–Crippen LogP) is 8.89. The molecule has 0 fully saturated rings. The quantitative estimate of drug-likeness (QED) is 0.167. The van der Waals surface area contributed by atoms with Gasteiger partial charge in [0.1, 0.15) is 0 Å². The van der Waals surface area contributed by atoms with E-state index in [4.69, 9.17) is 0 Å². The van der Waals surface area contributed by atoms with Crippen LogP contribution in [0.3, 0.4) is 0 Å². The third-order valence-electron chi connectivity index (χ3n) is 7.82. The Morgan fingerprint density at radius 2 is 1.38 bits per heavy atom. The van der Waals surface area contributed by atoms with Crippen molar-refractivity contribution in [2.45, 2.75) is 0 Å². The molecule has 42 heavy (non-hydrogen) atoms. The fraction of sp³-hybridized carbons (Fsp3) is 0.0270. The van der Waals surface area contributed by atoms with Crippen LogP contribution in [0.2, 0.25) is 0 Å². The van der Waals surface area contributed by atoms with Crippen molar-refractivity contribution in [1.29, 1.82) is 0 Å². The Morgan fingerprint density at radius 3 is 2.14 bits per heavy atom. The van der Waals surface area contributed by atoms with Gasteiger partial charge in [0.15, 0.2) is 0 Å². The van der Waals surface area contributed by atoms with Gasteiger partial charge in [0.25, 0.3) is 0 Å². The number of pyridine rings is 1. The molecule has 0 saturated carbocycles. The van der Waals surface area contributed by atoms with E-state index in [9.17, 15) is 0 Å². The van der Waals surface area contributed by atoms with E-state index in [2.05, 4.69) is 124 Å². The molecule has 0 saturated heterocycles. The second-order valence-electron chi connectivity index (χ2n) is 10.2. The van der Waals surface area contributed by atoms with Crippen LogP contribution in [0.5, 0.6) is 0 Å². The SMILES string of the molecule is CN1[CH-]N(c2[c-]c3c4ccccc4n4c5ccccc5c(c2)c34)c2ccccc21.[Ir+3].[c-]1ccccc1-c1ccccn1. The Morgan fingerprint density at radius 1 is 0.690 bits per heavy atom. The number of hydrogen-bond donors (Lipinski definition) is 0. The van der Waals surface area contributed by atoms with Gasteiger partial charge < -0.3 is 19.2 Å². The van der Waals surface area contributed by atoms with E-state index in [0.717, 1.165) is 16.9 Å². The number of fused-ring (bicyclic) bond motifs is 7. The molecule has 9 rings (SSSR count). The molecule has 5 heteroatoms. The Hall–Kier alpha value is -4.70. The number of nitrogens with zero attached hydrogens (tertiary/aromatic N) is 4. The van der Waals surface area contributed by atoms with Gasteiger partial charge in [0, 0.05) is 28.6 Å². The van der Waals surface area contributed by atoms with Crippen molar-refractivity contribution >= 4 is 55.2 Å². The summed E-state index contributed by atoms with van der Waals surface area (Å²) in [5.74, 6) is 0. The molecule has 1 aliphatic rings. The minimum atomic E-state index is 0. The summed E-state index contributed by atoms with van der Waals surface area (Å²) in [6.07, 6.45) is 1.79. The van der Waals surface area contributed by atoms with E-state index in [1.54, 1.807) is 6.20 Å². The summed E-state index contributed by atoms with van der Waals surface area (Å²) in [5, 5.41) is 5.00. The van der Waals surface area contributed by atoms with Crippen molar-refractivity contribution in [3.8, 4) is 11.3 Å². The van der Waals surface area contributed by atoms with Gasteiger partial charge in [-0.05, 0) is 54.0 Å². The normalized spacial score (nSPS) is 12.5. The summed E-state index contributed by atoms with van der Waals surface area (Å²) in [4.78, 5) is 8.64. The monoisotopic (exact) mass is 718 g/mol. The smallest absolute Gasteiger partial charge is 0.504 e. The molecular formula is C37H25IrN4. The van der Waals surface area contributed by atoms with E-state index in [1.165, 1.54) is 49.5 Å². The van der Waals surface area contributed by atoms with Crippen LogP contribution >= 0.6 is 0 Å². The maximum atomic E-state index is 4.22. The molecule has 0 spiro atoms. The number of anilines is 3. The van der Waals surface area contributed by atoms with E-state index in [0.29, 0.717) is 0 Å². The average molecular weight is 718 g/mol. The molecule has 0 radical (unpaired) electrons. The predicted molar refractivity (Wildman–Crippen MR) is 170 cm³/mol. The number of hydrogen-bond acceptors (Lipinski definition) is 3. The fourth-order valence-electron chi connectivity index (χ4n) is 6.00. The zero-order chi connectivity index (χ0) is 27.3. The molecule has 0 bridgehead atoms. The molecule has 0 atom stereocenters. The molecule has 4 heterocycles. The van der Waals surface area contributed by atoms with Crippen LogP contribution in [0, 0.1) is 18.8 Å². The van der Waals surface area contributed by atoms with Crippen LogP contribution in [-0.4, -0.2) is 16.4 Å². The molecule has 202 valence electrons. The number of aromatic nitrogens is 2. The maximum absolute atomic E-state index is 4.22. The fourth-order valence-corrected chi connectivity index (χ4v) is 6.00. The second kappa shape index (κ2) is 10.6. The molecule has 3 aromatic heterocycles. The van der Waals surface area contributed by atoms with Crippen LogP contribution in [-0.2, 0) is 20.1 Å². The molecule has 0 amide bonds. The van der Waals surface area contributed by atoms with Gasteiger partial charge in [0.05, 0.1) is 0 Å².